The van der Waals surface area contributed by atoms with Gasteiger partial charge in [-0.15, -0.1) is 24.7 Å². The molecule has 0 rings (SSSR count). The molecule has 0 aliphatic heterocycles. The van der Waals surface area contributed by atoms with Crippen LogP contribution in [0, 0.1) is 30.1 Å². The lowest BCUT2D eigenvalue weighted by atomic mass is 9.81. The lowest BCUT2D eigenvalue weighted by molar-refractivity contribution is -0.176. The van der Waals surface area contributed by atoms with Gasteiger partial charge in [0.15, 0.2) is 5.41 Å². The molecule has 0 radical (unpaired) electrons. The normalized spacial score (nSPS) is 10.7. The van der Waals surface area contributed by atoms with Gasteiger partial charge in [-0.1, -0.05) is 0 Å². The quantitative estimate of drug-likeness (QED) is 0.418. The minimum absolute atomic E-state index is 0.145. The van der Waals surface area contributed by atoms with Gasteiger partial charge in [-0.25, -0.2) is 0 Å². The van der Waals surface area contributed by atoms with E-state index in [1.54, 1.807) is 27.7 Å². The maximum Gasteiger partial charge on any atom is 0.325 e. The van der Waals surface area contributed by atoms with Crippen LogP contribution in [-0.4, -0.2) is 24.1 Å². The number of terminal acetylenes is 2. The smallest absolute Gasteiger partial charge is 0.325 e. The summed E-state index contributed by atoms with van der Waals surface area (Å²) in [5.41, 5.74) is -1.61. The van der Waals surface area contributed by atoms with Gasteiger partial charge >= 0.3 is 11.9 Å². The standard InChI is InChI=1S/C15H20O4/c1-7-9-15(10-8-2,13(16)18-11(3)4)14(17)19-12(5)6/h1-2,11-12H,9-10H2,3-6H3. The highest BCUT2D eigenvalue weighted by molar-refractivity contribution is 6.00. The predicted molar refractivity (Wildman–Crippen MR) is 71.8 cm³/mol. The van der Waals surface area contributed by atoms with Crippen molar-refractivity contribution < 1.29 is 19.1 Å². The molecule has 0 N–H and O–H groups in total. The lowest BCUT2D eigenvalue weighted by Gasteiger charge is -2.27. The summed E-state index contributed by atoms with van der Waals surface area (Å²) < 4.78 is 10.2. The first-order chi connectivity index (χ1) is 8.80. The van der Waals surface area contributed by atoms with Gasteiger partial charge in [0.25, 0.3) is 0 Å². The van der Waals surface area contributed by atoms with Gasteiger partial charge in [-0.05, 0) is 27.7 Å². The summed E-state index contributed by atoms with van der Waals surface area (Å²) in [5, 5.41) is 0. The summed E-state index contributed by atoms with van der Waals surface area (Å²) in [6, 6.07) is 0. The van der Waals surface area contributed by atoms with Crippen LogP contribution >= 0.6 is 0 Å². The number of carbonyl (C=O) groups is 2. The first-order valence-electron chi connectivity index (χ1n) is 6.09. The number of ether oxygens (including phenoxy) is 2. The molecule has 0 aliphatic carbocycles. The van der Waals surface area contributed by atoms with Crippen LogP contribution in [0.2, 0.25) is 0 Å². The van der Waals surface area contributed by atoms with Crippen LogP contribution in [0.5, 0.6) is 0 Å². The zero-order valence-corrected chi connectivity index (χ0v) is 11.9. The Kier molecular flexibility index (Phi) is 6.72. The van der Waals surface area contributed by atoms with E-state index < -0.39 is 17.4 Å². The third-order valence-electron chi connectivity index (χ3n) is 2.27. The Bertz CT molecular complexity index is 367. The monoisotopic (exact) mass is 264 g/mol. The van der Waals surface area contributed by atoms with Gasteiger partial charge in [0.2, 0.25) is 0 Å². The summed E-state index contributed by atoms with van der Waals surface area (Å²) >= 11 is 0. The molecule has 0 saturated carbocycles. The molecule has 0 aromatic rings. The van der Waals surface area contributed by atoms with E-state index in [-0.39, 0.29) is 25.0 Å². The van der Waals surface area contributed by atoms with Crippen LogP contribution in [0.4, 0.5) is 0 Å². The second kappa shape index (κ2) is 7.48. The maximum absolute atomic E-state index is 12.2. The average molecular weight is 264 g/mol. The largest absolute Gasteiger partial charge is 0.462 e. The molecule has 0 spiro atoms. The van der Waals surface area contributed by atoms with Gasteiger partial charge in [-0.3, -0.25) is 9.59 Å². The van der Waals surface area contributed by atoms with E-state index in [0.29, 0.717) is 0 Å². The van der Waals surface area contributed by atoms with Crippen molar-refractivity contribution in [3.8, 4) is 24.7 Å². The molecule has 0 fully saturated rings. The molecule has 19 heavy (non-hydrogen) atoms. The first-order valence-corrected chi connectivity index (χ1v) is 6.09. The van der Waals surface area contributed by atoms with Crippen molar-refractivity contribution >= 4 is 11.9 Å². The van der Waals surface area contributed by atoms with Crippen molar-refractivity contribution in [3.63, 3.8) is 0 Å². The van der Waals surface area contributed by atoms with E-state index in [0.717, 1.165) is 0 Å². The number of carbonyl (C=O) groups excluding carboxylic acids is 2. The van der Waals surface area contributed by atoms with E-state index in [2.05, 4.69) is 11.8 Å². The molecule has 4 heteroatoms. The summed E-state index contributed by atoms with van der Waals surface area (Å²) in [4.78, 5) is 24.3. The van der Waals surface area contributed by atoms with Gasteiger partial charge in [0, 0.05) is 12.8 Å². The molecule has 0 aliphatic rings. The molecule has 0 saturated heterocycles. The number of hydrogen-bond acceptors (Lipinski definition) is 4. The second-order valence-electron chi connectivity index (χ2n) is 4.75. The molecular formula is C15H20O4. The summed E-state index contributed by atoms with van der Waals surface area (Å²) in [6.07, 6.45) is 9.47. The third kappa shape index (κ3) is 4.67. The Morgan fingerprint density at radius 3 is 1.47 bits per heavy atom. The van der Waals surface area contributed by atoms with Gasteiger partial charge in [-0.2, -0.15) is 0 Å². The number of hydrogen-bond donors (Lipinski definition) is 0. The molecule has 0 unspecified atom stereocenters. The predicted octanol–water partition coefficient (Wildman–Crippen LogP) is 1.92. The Hall–Kier alpha value is -1.94. The van der Waals surface area contributed by atoms with Crippen LogP contribution in [0.1, 0.15) is 40.5 Å². The minimum Gasteiger partial charge on any atom is -0.462 e. The highest BCUT2D eigenvalue weighted by Crippen LogP contribution is 2.31. The molecule has 0 heterocycles. The van der Waals surface area contributed by atoms with Crippen LogP contribution in [0.25, 0.3) is 0 Å². The molecule has 0 atom stereocenters. The average Bonchev–Trinajstić information content (AvgIpc) is 2.26. The van der Waals surface area contributed by atoms with Gasteiger partial charge in [0.1, 0.15) is 0 Å². The minimum atomic E-state index is -1.61. The fraction of sp³-hybridized carbons (Fsp3) is 0.600. The SMILES string of the molecule is C#CCC(CC#C)(C(=O)OC(C)C)C(=O)OC(C)C. The van der Waals surface area contributed by atoms with Crippen molar-refractivity contribution in [3.05, 3.63) is 0 Å². The maximum atomic E-state index is 12.2. The third-order valence-corrected chi connectivity index (χ3v) is 2.27. The Morgan fingerprint density at radius 2 is 1.26 bits per heavy atom. The van der Waals surface area contributed by atoms with Crippen LogP contribution in [0.15, 0.2) is 0 Å². The topological polar surface area (TPSA) is 52.6 Å². The van der Waals surface area contributed by atoms with Crippen molar-refractivity contribution in [1.29, 1.82) is 0 Å². The fourth-order valence-electron chi connectivity index (χ4n) is 1.44. The Morgan fingerprint density at radius 1 is 0.947 bits per heavy atom. The van der Waals surface area contributed by atoms with Crippen molar-refractivity contribution in [1.82, 2.24) is 0 Å². The number of esters is 2. The van der Waals surface area contributed by atoms with Gasteiger partial charge in [0.05, 0.1) is 12.2 Å². The van der Waals surface area contributed by atoms with E-state index in [4.69, 9.17) is 22.3 Å². The highest BCUT2D eigenvalue weighted by Gasteiger charge is 2.48. The fourth-order valence-corrected chi connectivity index (χ4v) is 1.44. The molecule has 0 amide bonds. The lowest BCUT2D eigenvalue weighted by Crippen LogP contribution is -2.43. The molecule has 104 valence electrons. The second-order valence-corrected chi connectivity index (χ2v) is 4.75. The molecule has 0 aromatic heterocycles. The molecule has 4 nitrogen and oxygen atoms in total. The van der Waals surface area contributed by atoms with Crippen molar-refractivity contribution in [2.75, 3.05) is 0 Å². The van der Waals surface area contributed by atoms with Crippen LogP contribution < -0.4 is 0 Å². The van der Waals surface area contributed by atoms with Crippen molar-refractivity contribution in [2.24, 2.45) is 5.41 Å². The van der Waals surface area contributed by atoms with E-state index in [1.165, 1.54) is 0 Å². The summed E-state index contributed by atoms with van der Waals surface area (Å²) in [5.74, 6) is 3.14. The van der Waals surface area contributed by atoms with E-state index >= 15 is 0 Å². The Balaban J connectivity index is 5.42. The van der Waals surface area contributed by atoms with Gasteiger partial charge < -0.3 is 9.47 Å². The van der Waals surface area contributed by atoms with E-state index in [1.807, 2.05) is 0 Å². The van der Waals surface area contributed by atoms with Crippen molar-refractivity contribution in [2.45, 2.75) is 52.7 Å². The zero-order chi connectivity index (χ0) is 15.1. The molecule has 0 aromatic carbocycles. The highest BCUT2D eigenvalue weighted by atomic mass is 16.6. The first kappa shape index (κ1) is 17.1. The Labute approximate surface area is 114 Å². The van der Waals surface area contributed by atoms with Crippen LogP contribution in [0.3, 0.4) is 0 Å². The number of rotatable bonds is 6. The summed E-state index contributed by atoms with van der Waals surface area (Å²) in [7, 11) is 0. The molecular weight excluding hydrogens is 244 g/mol. The zero-order valence-electron chi connectivity index (χ0n) is 11.9. The van der Waals surface area contributed by atoms with E-state index in [9.17, 15) is 9.59 Å². The molecule has 0 bridgehead atoms. The summed E-state index contributed by atoms with van der Waals surface area (Å²) in [6.45, 7) is 6.73. The van der Waals surface area contributed by atoms with Crippen LogP contribution in [-0.2, 0) is 19.1 Å².